The zero-order chi connectivity index (χ0) is 23.1. The van der Waals surface area contributed by atoms with Crippen molar-refractivity contribution in [3.8, 4) is 5.75 Å². The van der Waals surface area contributed by atoms with Gasteiger partial charge >= 0.3 is 0 Å². The summed E-state index contributed by atoms with van der Waals surface area (Å²) in [5.41, 5.74) is 0.797. The molecule has 2 heterocycles. The molecular weight excluding hydrogens is 428 g/mol. The summed E-state index contributed by atoms with van der Waals surface area (Å²) in [6.07, 6.45) is 3.18. The molecule has 1 aliphatic carbocycles. The monoisotopic (exact) mass is 453 g/mol. The number of benzene rings is 2. The van der Waals surface area contributed by atoms with E-state index >= 15 is 0 Å². The van der Waals surface area contributed by atoms with Gasteiger partial charge in [-0.3, -0.25) is 14.5 Å². The van der Waals surface area contributed by atoms with Gasteiger partial charge in [0, 0.05) is 45.0 Å². The Morgan fingerprint density at radius 2 is 1.79 bits per heavy atom. The number of hydrogen-bond donors (Lipinski definition) is 0. The van der Waals surface area contributed by atoms with E-state index in [1.165, 1.54) is 18.9 Å². The van der Waals surface area contributed by atoms with E-state index in [2.05, 4.69) is 17.0 Å². The molecule has 1 aliphatic heterocycles. The molecular formula is C25H25F2N3O3. The number of rotatable bonds is 5. The van der Waals surface area contributed by atoms with Gasteiger partial charge in [0.1, 0.15) is 5.56 Å². The van der Waals surface area contributed by atoms with E-state index in [1.54, 1.807) is 9.47 Å². The number of carbonyl (C=O) groups excluding carboxylic acids is 1. The van der Waals surface area contributed by atoms with Crippen molar-refractivity contribution in [2.75, 3.05) is 33.3 Å². The molecule has 172 valence electrons. The molecule has 6 nitrogen and oxygen atoms in total. The maximum absolute atomic E-state index is 14.4. The van der Waals surface area contributed by atoms with Crippen LogP contribution in [0.1, 0.15) is 34.8 Å². The minimum atomic E-state index is -1.17. The third-order valence-corrected chi connectivity index (χ3v) is 6.45. The maximum Gasteiger partial charge on any atom is 0.259 e. The fourth-order valence-electron chi connectivity index (χ4n) is 4.53. The second-order valence-electron chi connectivity index (χ2n) is 8.67. The average Bonchev–Trinajstić information content (AvgIpc) is 3.67. The molecule has 2 fully saturated rings. The summed E-state index contributed by atoms with van der Waals surface area (Å²) in [6.45, 7) is 3.18. The van der Waals surface area contributed by atoms with Gasteiger partial charge in [-0.2, -0.15) is 4.39 Å². The van der Waals surface area contributed by atoms with E-state index in [0.717, 1.165) is 25.5 Å². The van der Waals surface area contributed by atoms with Crippen LogP contribution < -0.4 is 10.2 Å². The second kappa shape index (κ2) is 8.59. The Kier molecular flexibility index (Phi) is 5.62. The van der Waals surface area contributed by atoms with Crippen LogP contribution in [0.5, 0.6) is 5.75 Å². The van der Waals surface area contributed by atoms with E-state index in [1.807, 2.05) is 18.2 Å². The van der Waals surface area contributed by atoms with Crippen molar-refractivity contribution in [1.82, 2.24) is 14.4 Å². The van der Waals surface area contributed by atoms with E-state index in [-0.39, 0.29) is 34.2 Å². The van der Waals surface area contributed by atoms with Crippen molar-refractivity contribution >= 4 is 16.8 Å². The zero-order valence-electron chi connectivity index (χ0n) is 18.4. The highest BCUT2D eigenvalue weighted by atomic mass is 19.2. The fraction of sp³-hybridized carbons (Fsp3) is 0.360. The lowest BCUT2D eigenvalue weighted by Crippen LogP contribution is -2.49. The topological polar surface area (TPSA) is 54.8 Å². The summed E-state index contributed by atoms with van der Waals surface area (Å²) in [5.74, 6) is -2.98. The summed E-state index contributed by atoms with van der Waals surface area (Å²) in [4.78, 5) is 30.5. The number of fused-ring (bicyclic) bond motifs is 1. The molecule has 0 radical (unpaired) electrons. The molecule has 0 bridgehead atoms. The molecule has 1 saturated carbocycles. The quantitative estimate of drug-likeness (QED) is 0.593. The van der Waals surface area contributed by atoms with Crippen LogP contribution in [0, 0.1) is 11.6 Å². The molecule has 2 aromatic carbocycles. The molecule has 3 aromatic rings. The van der Waals surface area contributed by atoms with Crippen molar-refractivity contribution in [2.24, 2.45) is 0 Å². The summed E-state index contributed by atoms with van der Waals surface area (Å²) in [5, 5.41) is -0.0359. The third-order valence-electron chi connectivity index (χ3n) is 6.45. The van der Waals surface area contributed by atoms with Gasteiger partial charge in [-0.25, -0.2) is 4.39 Å². The standard InChI is InChI=1S/C25H25F2N3O3/c1-33-24-21(27)20(26)13-18-22(24)30(17-7-8-17)15-19(23(18)31)25(32)29-11-9-28(10-12-29)14-16-5-3-2-4-6-16/h2-6,13,15,17H,7-12,14H2,1H3. The van der Waals surface area contributed by atoms with Gasteiger partial charge < -0.3 is 14.2 Å². The Balaban J connectivity index is 1.44. The molecule has 1 amide bonds. The van der Waals surface area contributed by atoms with Crippen LogP contribution >= 0.6 is 0 Å². The minimum Gasteiger partial charge on any atom is -0.491 e. The Hall–Kier alpha value is -3.26. The van der Waals surface area contributed by atoms with Crippen LogP contribution in [0.25, 0.3) is 10.9 Å². The van der Waals surface area contributed by atoms with Crippen LogP contribution in [-0.2, 0) is 6.54 Å². The normalized spacial score (nSPS) is 16.9. The molecule has 0 spiro atoms. The first-order valence-electron chi connectivity index (χ1n) is 11.1. The van der Waals surface area contributed by atoms with Crippen molar-refractivity contribution in [2.45, 2.75) is 25.4 Å². The van der Waals surface area contributed by atoms with Crippen LogP contribution in [0.2, 0.25) is 0 Å². The molecule has 0 atom stereocenters. The van der Waals surface area contributed by atoms with Gasteiger partial charge in [0.15, 0.2) is 11.6 Å². The van der Waals surface area contributed by atoms with Crippen LogP contribution in [0.4, 0.5) is 8.78 Å². The lowest BCUT2D eigenvalue weighted by molar-refractivity contribution is 0.0626. The number of piperazine rings is 1. The smallest absolute Gasteiger partial charge is 0.259 e. The summed E-state index contributed by atoms with van der Waals surface area (Å²) < 4.78 is 35.4. The molecule has 1 saturated heterocycles. The molecule has 1 aromatic heterocycles. The Bertz CT molecular complexity index is 1260. The highest BCUT2D eigenvalue weighted by Gasteiger charge is 2.32. The summed E-state index contributed by atoms with van der Waals surface area (Å²) in [6, 6.07) is 11.0. The highest BCUT2D eigenvalue weighted by molar-refractivity contribution is 5.98. The van der Waals surface area contributed by atoms with Crippen LogP contribution in [0.15, 0.2) is 47.4 Å². The lowest BCUT2D eigenvalue weighted by atomic mass is 10.1. The largest absolute Gasteiger partial charge is 0.491 e. The number of amides is 1. The van der Waals surface area contributed by atoms with Gasteiger partial charge in [0.2, 0.25) is 11.2 Å². The Labute approximate surface area is 190 Å². The zero-order valence-corrected chi connectivity index (χ0v) is 18.4. The van der Waals surface area contributed by atoms with Gasteiger partial charge in [-0.05, 0) is 24.5 Å². The lowest BCUT2D eigenvalue weighted by Gasteiger charge is -2.34. The van der Waals surface area contributed by atoms with E-state index < -0.39 is 17.1 Å². The number of aromatic nitrogens is 1. The molecule has 5 rings (SSSR count). The second-order valence-corrected chi connectivity index (χ2v) is 8.67. The number of carbonyl (C=O) groups is 1. The van der Waals surface area contributed by atoms with Gasteiger partial charge in [-0.1, -0.05) is 30.3 Å². The fourth-order valence-corrected chi connectivity index (χ4v) is 4.53. The van der Waals surface area contributed by atoms with E-state index in [9.17, 15) is 18.4 Å². The average molecular weight is 453 g/mol. The Morgan fingerprint density at radius 3 is 2.42 bits per heavy atom. The number of nitrogens with zero attached hydrogens (tertiary/aromatic N) is 3. The minimum absolute atomic E-state index is 0.0148. The van der Waals surface area contributed by atoms with Crippen LogP contribution in [-0.4, -0.2) is 53.6 Å². The molecule has 2 aliphatic rings. The predicted molar refractivity (Wildman–Crippen MR) is 121 cm³/mol. The number of methoxy groups -OCH3 is 1. The van der Waals surface area contributed by atoms with Crippen molar-refractivity contribution in [3.63, 3.8) is 0 Å². The molecule has 8 heteroatoms. The number of ether oxygens (including phenoxy) is 1. The van der Waals surface area contributed by atoms with Gasteiger partial charge in [-0.15, -0.1) is 0 Å². The predicted octanol–water partition coefficient (Wildman–Crippen LogP) is 3.58. The first kappa shape index (κ1) is 21.6. The number of halogens is 2. The maximum atomic E-state index is 14.4. The van der Waals surface area contributed by atoms with Gasteiger partial charge in [0.25, 0.3) is 5.91 Å². The van der Waals surface area contributed by atoms with E-state index in [0.29, 0.717) is 26.2 Å². The third kappa shape index (κ3) is 3.99. The first-order valence-corrected chi connectivity index (χ1v) is 11.1. The number of pyridine rings is 1. The van der Waals surface area contributed by atoms with Crippen molar-refractivity contribution in [1.29, 1.82) is 0 Å². The first-order chi connectivity index (χ1) is 16.0. The SMILES string of the molecule is COc1c(F)c(F)cc2c(=O)c(C(=O)N3CCN(Cc4ccccc4)CC3)cn(C3CC3)c12. The molecule has 33 heavy (non-hydrogen) atoms. The van der Waals surface area contributed by atoms with E-state index in [4.69, 9.17) is 4.74 Å². The van der Waals surface area contributed by atoms with Crippen molar-refractivity contribution < 1.29 is 18.3 Å². The van der Waals surface area contributed by atoms with Crippen LogP contribution in [0.3, 0.4) is 0 Å². The highest BCUT2D eigenvalue weighted by Crippen LogP contribution is 2.40. The van der Waals surface area contributed by atoms with Gasteiger partial charge in [0.05, 0.1) is 18.0 Å². The summed E-state index contributed by atoms with van der Waals surface area (Å²) >= 11 is 0. The molecule has 0 N–H and O–H groups in total. The Morgan fingerprint density at radius 1 is 1.09 bits per heavy atom. The van der Waals surface area contributed by atoms with Crippen molar-refractivity contribution in [3.05, 3.63) is 75.6 Å². The summed E-state index contributed by atoms with van der Waals surface area (Å²) in [7, 11) is 1.24. The molecule has 0 unspecified atom stereocenters. The number of hydrogen-bond acceptors (Lipinski definition) is 4.